The lowest BCUT2D eigenvalue weighted by Crippen LogP contribution is -2.58. The van der Waals surface area contributed by atoms with Crippen LogP contribution in [0.25, 0.3) is 10.9 Å². The quantitative estimate of drug-likeness (QED) is 0.374. The van der Waals surface area contributed by atoms with E-state index in [-0.39, 0.29) is 18.2 Å². The number of carboxylic acid groups (broad SMARTS) is 1. The van der Waals surface area contributed by atoms with Crippen molar-refractivity contribution in [1.29, 1.82) is 0 Å². The largest absolute Gasteiger partial charge is 0.481 e. The summed E-state index contributed by atoms with van der Waals surface area (Å²) in [6.07, 6.45) is 2.31. The third-order valence-corrected chi connectivity index (χ3v) is 9.05. The zero-order valence-corrected chi connectivity index (χ0v) is 22.3. The van der Waals surface area contributed by atoms with Gasteiger partial charge >= 0.3 is 5.97 Å². The van der Waals surface area contributed by atoms with Crippen molar-refractivity contribution in [3.63, 3.8) is 0 Å². The van der Waals surface area contributed by atoms with Gasteiger partial charge in [0.15, 0.2) is 5.01 Å². The lowest BCUT2D eigenvalue weighted by molar-refractivity contribution is -0.152. The van der Waals surface area contributed by atoms with Gasteiger partial charge in [-0.05, 0) is 57.0 Å². The van der Waals surface area contributed by atoms with Crippen LogP contribution in [0.5, 0.6) is 0 Å². The molecule has 9 nitrogen and oxygen atoms in total. The lowest BCUT2D eigenvalue weighted by Gasteiger charge is -2.42. The highest BCUT2D eigenvalue weighted by Gasteiger charge is 2.46. The van der Waals surface area contributed by atoms with Crippen LogP contribution >= 0.6 is 22.9 Å². The summed E-state index contributed by atoms with van der Waals surface area (Å²) in [7, 11) is 2.04. The summed E-state index contributed by atoms with van der Waals surface area (Å²) in [6, 6.07) is 6.10. The topological polar surface area (TPSA) is 127 Å². The number of aromatic amines is 1. The van der Waals surface area contributed by atoms with Crippen LogP contribution < -0.4 is 10.6 Å². The SMILES string of the molecule is CC[C@@]1(C(=O)O)CC[C@@H](NC(=O)c2cc3cc(Cl)ccc3[nH]2)[C@@H](NC(=O)c2nc3c(s2)CN(C)CC3)C1. The molecule has 3 heterocycles. The van der Waals surface area contributed by atoms with Crippen molar-refractivity contribution >= 4 is 51.6 Å². The number of amides is 2. The maximum absolute atomic E-state index is 13.3. The minimum absolute atomic E-state index is 0.228. The van der Waals surface area contributed by atoms with E-state index in [1.165, 1.54) is 11.3 Å². The first-order chi connectivity index (χ1) is 17.7. The molecule has 0 bridgehead atoms. The van der Waals surface area contributed by atoms with Gasteiger partial charge in [0.1, 0.15) is 5.69 Å². The average Bonchev–Trinajstić information content (AvgIpc) is 3.48. The summed E-state index contributed by atoms with van der Waals surface area (Å²) in [5.41, 5.74) is 1.16. The summed E-state index contributed by atoms with van der Waals surface area (Å²) in [4.78, 5) is 49.6. The van der Waals surface area contributed by atoms with Crippen molar-refractivity contribution < 1.29 is 19.5 Å². The number of aromatic nitrogens is 2. The van der Waals surface area contributed by atoms with E-state index in [0.717, 1.165) is 41.0 Å². The molecule has 1 fully saturated rings. The number of fused-ring (bicyclic) bond motifs is 2. The van der Waals surface area contributed by atoms with Crippen LogP contribution in [-0.2, 0) is 17.8 Å². The van der Waals surface area contributed by atoms with Gasteiger partial charge in [-0.15, -0.1) is 11.3 Å². The molecule has 2 amide bonds. The third-order valence-electron chi connectivity index (χ3n) is 7.74. The number of carboxylic acids is 1. The molecular formula is C26H30ClN5O4S. The standard InChI is InChI=1S/C26H30ClN5O4S/c1-3-26(25(35)36)8-6-17(29-22(33)19-11-14-10-15(27)4-5-16(14)28-19)20(12-26)30-23(34)24-31-18-7-9-32(2)13-21(18)37-24/h4-5,10-11,17,20,28H,3,6-9,12-13H2,1-2H3,(H,29,33)(H,30,34)(H,35,36)/t17-,20+,26-/m1/s1. The predicted octanol–water partition coefficient (Wildman–Crippen LogP) is 3.83. The third kappa shape index (κ3) is 5.10. The molecule has 3 aromatic rings. The summed E-state index contributed by atoms with van der Waals surface area (Å²) in [5.74, 6) is -1.52. The van der Waals surface area contributed by atoms with Crippen LogP contribution in [0.15, 0.2) is 24.3 Å². The Hall–Kier alpha value is -2.95. The Balaban J connectivity index is 1.36. The van der Waals surface area contributed by atoms with Crippen LogP contribution in [0.2, 0.25) is 5.02 Å². The van der Waals surface area contributed by atoms with E-state index in [2.05, 4.69) is 25.5 Å². The fourth-order valence-corrected chi connectivity index (χ4v) is 6.68. The number of nitrogens with one attached hydrogen (secondary N) is 3. The van der Waals surface area contributed by atoms with Crippen LogP contribution in [0, 0.1) is 5.41 Å². The molecule has 1 saturated carbocycles. The zero-order chi connectivity index (χ0) is 26.3. The lowest BCUT2D eigenvalue weighted by atomic mass is 9.68. The van der Waals surface area contributed by atoms with Crippen molar-refractivity contribution in [2.45, 2.75) is 57.7 Å². The van der Waals surface area contributed by atoms with Crippen molar-refractivity contribution in [1.82, 2.24) is 25.5 Å². The monoisotopic (exact) mass is 543 g/mol. The summed E-state index contributed by atoms with van der Waals surface area (Å²) in [6.45, 7) is 3.51. The molecule has 5 rings (SSSR count). The second kappa shape index (κ2) is 10.1. The molecule has 2 aromatic heterocycles. The van der Waals surface area contributed by atoms with Crippen LogP contribution in [-0.4, -0.2) is 63.4 Å². The Bertz CT molecular complexity index is 1370. The second-order valence-electron chi connectivity index (χ2n) is 10.1. The molecule has 11 heteroatoms. The smallest absolute Gasteiger partial charge is 0.309 e. The van der Waals surface area contributed by atoms with Gasteiger partial charge in [-0.3, -0.25) is 14.4 Å². The Morgan fingerprint density at radius 1 is 1.24 bits per heavy atom. The van der Waals surface area contributed by atoms with E-state index in [1.807, 2.05) is 20.0 Å². The second-order valence-corrected chi connectivity index (χ2v) is 11.7. The molecule has 3 atom stereocenters. The van der Waals surface area contributed by atoms with E-state index in [9.17, 15) is 19.5 Å². The predicted molar refractivity (Wildman–Crippen MR) is 142 cm³/mol. The van der Waals surface area contributed by atoms with Gasteiger partial charge in [0.25, 0.3) is 11.8 Å². The number of halogens is 1. The number of nitrogens with zero attached hydrogens (tertiary/aromatic N) is 2. The Kier molecular flexibility index (Phi) is 6.99. The number of H-pyrrole nitrogens is 1. The summed E-state index contributed by atoms with van der Waals surface area (Å²) >= 11 is 7.46. The van der Waals surface area contributed by atoms with E-state index in [1.54, 1.807) is 18.2 Å². The molecule has 0 radical (unpaired) electrons. The summed E-state index contributed by atoms with van der Waals surface area (Å²) < 4.78 is 0. The highest BCUT2D eigenvalue weighted by molar-refractivity contribution is 7.13. The number of carbonyl (C=O) groups excluding carboxylic acids is 2. The molecule has 4 N–H and O–H groups in total. The number of likely N-dealkylation sites (N-methyl/N-ethyl adjacent to an activating group) is 1. The van der Waals surface area contributed by atoms with Crippen molar-refractivity contribution in [2.24, 2.45) is 5.41 Å². The molecule has 1 aliphatic heterocycles. The molecule has 1 aromatic carbocycles. The normalized spacial score (nSPS) is 24.0. The van der Waals surface area contributed by atoms with E-state index in [0.29, 0.717) is 35.0 Å². The number of thiazole rings is 1. The first-order valence-electron chi connectivity index (χ1n) is 12.5. The fraction of sp³-hybridized carbons (Fsp3) is 0.462. The van der Waals surface area contributed by atoms with Crippen molar-refractivity contribution in [3.05, 3.63) is 50.6 Å². The molecule has 0 saturated heterocycles. The van der Waals surface area contributed by atoms with Gasteiger partial charge in [0, 0.05) is 46.4 Å². The zero-order valence-electron chi connectivity index (χ0n) is 20.8. The first-order valence-corrected chi connectivity index (χ1v) is 13.7. The van der Waals surface area contributed by atoms with Gasteiger partial charge in [-0.2, -0.15) is 0 Å². The number of hydrogen-bond acceptors (Lipinski definition) is 6. The Labute approximate surface area is 223 Å². The van der Waals surface area contributed by atoms with Gasteiger partial charge in [-0.1, -0.05) is 18.5 Å². The number of carbonyl (C=O) groups is 3. The van der Waals surface area contributed by atoms with Gasteiger partial charge in [-0.25, -0.2) is 4.98 Å². The molecule has 1 aliphatic carbocycles. The van der Waals surface area contributed by atoms with E-state index >= 15 is 0 Å². The van der Waals surface area contributed by atoms with Gasteiger partial charge < -0.3 is 25.6 Å². The molecule has 2 aliphatic rings. The number of aliphatic carboxylic acids is 1. The minimum Gasteiger partial charge on any atom is -0.481 e. The highest BCUT2D eigenvalue weighted by Crippen LogP contribution is 2.40. The maximum atomic E-state index is 13.3. The summed E-state index contributed by atoms with van der Waals surface area (Å²) in [5, 5.41) is 17.9. The highest BCUT2D eigenvalue weighted by atomic mass is 35.5. The minimum atomic E-state index is -0.956. The molecule has 196 valence electrons. The van der Waals surface area contributed by atoms with Crippen LogP contribution in [0.4, 0.5) is 0 Å². The fourth-order valence-electron chi connectivity index (χ4n) is 5.41. The van der Waals surface area contributed by atoms with E-state index in [4.69, 9.17) is 11.6 Å². The number of hydrogen-bond donors (Lipinski definition) is 4. The molecule has 0 unspecified atom stereocenters. The molecule has 0 spiro atoms. The molecular weight excluding hydrogens is 514 g/mol. The van der Waals surface area contributed by atoms with Crippen LogP contribution in [0.1, 0.15) is 63.5 Å². The number of rotatable bonds is 6. The van der Waals surface area contributed by atoms with Crippen molar-refractivity contribution in [2.75, 3.05) is 13.6 Å². The van der Waals surface area contributed by atoms with Crippen molar-refractivity contribution in [3.8, 4) is 0 Å². The Morgan fingerprint density at radius 3 is 2.78 bits per heavy atom. The first kappa shape index (κ1) is 25.7. The van der Waals surface area contributed by atoms with Crippen LogP contribution in [0.3, 0.4) is 0 Å². The number of benzene rings is 1. The average molecular weight is 544 g/mol. The van der Waals surface area contributed by atoms with E-state index < -0.39 is 23.5 Å². The van der Waals surface area contributed by atoms with Gasteiger partial charge in [0.05, 0.1) is 17.2 Å². The Morgan fingerprint density at radius 2 is 2.03 bits per heavy atom. The molecule has 37 heavy (non-hydrogen) atoms. The van der Waals surface area contributed by atoms with Gasteiger partial charge in [0.2, 0.25) is 0 Å². The maximum Gasteiger partial charge on any atom is 0.309 e.